The molecular weight excluding hydrogens is 370 g/mol. The first kappa shape index (κ1) is 17.2. The van der Waals surface area contributed by atoms with Crippen molar-refractivity contribution in [2.45, 2.75) is 13.8 Å². The summed E-state index contributed by atoms with van der Waals surface area (Å²) in [6.07, 6.45) is 0. The summed E-state index contributed by atoms with van der Waals surface area (Å²) >= 11 is 0. The number of benzene rings is 2. The van der Waals surface area contributed by atoms with Crippen molar-refractivity contribution in [2.75, 3.05) is 12.1 Å². The summed E-state index contributed by atoms with van der Waals surface area (Å²) in [5.41, 5.74) is 4.47. The normalized spacial score (nSPS) is 12.3. The van der Waals surface area contributed by atoms with Crippen LogP contribution in [0.2, 0.25) is 0 Å². The quantitative estimate of drug-likeness (QED) is 0.557. The molecule has 7 nitrogen and oxygen atoms in total. The number of fused-ring (bicyclic) bond motifs is 2. The van der Waals surface area contributed by atoms with Gasteiger partial charge in [0.25, 0.3) is 11.6 Å². The highest BCUT2D eigenvalue weighted by molar-refractivity contribution is 6.13. The number of carbonyl (C=O) groups excluding carboxylic acids is 1. The number of para-hydroxylation sites is 1. The minimum Gasteiger partial charge on any atom is -0.454 e. The van der Waals surface area contributed by atoms with Crippen LogP contribution in [0, 0.1) is 13.8 Å². The molecule has 29 heavy (non-hydrogen) atoms. The van der Waals surface area contributed by atoms with E-state index >= 15 is 0 Å². The van der Waals surface area contributed by atoms with Gasteiger partial charge in [-0.1, -0.05) is 23.4 Å². The summed E-state index contributed by atoms with van der Waals surface area (Å²) in [7, 11) is 0. The zero-order valence-electron chi connectivity index (χ0n) is 15.9. The number of rotatable bonds is 3. The van der Waals surface area contributed by atoms with E-state index in [2.05, 4.69) is 15.5 Å². The van der Waals surface area contributed by atoms with Crippen LogP contribution in [-0.4, -0.2) is 22.8 Å². The summed E-state index contributed by atoms with van der Waals surface area (Å²) in [5.74, 6) is 1.08. The molecule has 0 spiro atoms. The number of amides is 1. The highest BCUT2D eigenvalue weighted by Gasteiger charge is 2.21. The van der Waals surface area contributed by atoms with Crippen LogP contribution in [0.15, 0.2) is 53.1 Å². The van der Waals surface area contributed by atoms with Crippen LogP contribution >= 0.6 is 0 Å². The first-order valence-corrected chi connectivity index (χ1v) is 9.14. The van der Waals surface area contributed by atoms with Crippen LogP contribution < -0.4 is 14.8 Å². The molecule has 0 saturated heterocycles. The van der Waals surface area contributed by atoms with Crippen LogP contribution in [-0.2, 0) is 0 Å². The van der Waals surface area contributed by atoms with E-state index in [1.807, 2.05) is 49.4 Å². The molecule has 1 aliphatic rings. The standard InChI is InChI=1S/C22H17N3O4/c1-12-5-3-4-6-16(12)23-21(26)15-10-17(24-22-20(15)13(2)25-29-22)14-7-8-18-19(9-14)28-11-27-18/h3-10H,11H2,1-2H3,(H,23,26). The van der Waals surface area contributed by atoms with E-state index in [0.717, 1.165) is 16.8 Å². The fraction of sp³-hybridized carbons (Fsp3) is 0.136. The number of ether oxygens (including phenoxy) is 2. The summed E-state index contributed by atoms with van der Waals surface area (Å²) in [6, 6.07) is 14.9. The molecule has 7 heteroatoms. The Kier molecular flexibility index (Phi) is 3.94. The third-order valence-electron chi connectivity index (χ3n) is 4.92. The van der Waals surface area contributed by atoms with Crippen molar-refractivity contribution in [1.82, 2.24) is 10.1 Å². The van der Waals surface area contributed by atoms with Crippen LogP contribution in [0.1, 0.15) is 21.6 Å². The summed E-state index contributed by atoms with van der Waals surface area (Å²) in [4.78, 5) is 17.7. The van der Waals surface area contributed by atoms with Crippen LogP contribution in [0.25, 0.3) is 22.4 Å². The molecule has 0 aliphatic carbocycles. The van der Waals surface area contributed by atoms with Gasteiger partial charge in [0.1, 0.15) is 0 Å². The van der Waals surface area contributed by atoms with Crippen molar-refractivity contribution >= 4 is 22.7 Å². The maximum Gasteiger partial charge on any atom is 0.259 e. The van der Waals surface area contributed by atoms with Crippen molar-refractivity contribution in [1.29, 1.82) is 0 Å². The van der Waals surface area contributed by atoms with Gasteiger partial charge in [-0.25, -0.2) is 4.98 Å². The molecule has 1 amide bonds. The van der Waals surface area contributed by atoms with Crippen molar-refractivity contribution in [2.24, 2.45) is 0 Å². The number of hydrogen-bond donors (Lipinski definition) is 1. The predicted molar refractivity (Wildman–Crippen MR) is 107 cm³/mol. The van der Waals surface area contributed by atoms with Crippen LogP contribution in [0.4, 0.5) is 5.69 Å². The molecule has 0 atom stereocenters. The van der Waals surface area contributed by atoms with Gasteiger partial charge in [0.05, 0.1) is 22.3 Å². The van der Waals surface area contributed by atoms with Gasteiger partial charge < -0.3 is 19.3 Å². The lowest BCUT2D eigenvalue weighted by Crippen LogP contribution is -2.14. The number of anilines is 1. The summed E-state index contributed by atoms with van der Waals surface area (Å²) in [5, 5.41) is 7.57. The number of nitrogens with one attached hydrogen (secondary N) is 1. The highest BCUT2D eigenvalue weighted by Crippen LogP contribution is 2.36. The van der Waals surface area contributed by atoms with E-state index in [1.165, 1.54) is 0 Å². The van der Waals surface area contributed by atoms with Gasteiger partial charge in [-0.05, 0) is 49.7 Å². The van der Waals surface area contributed by atoms with Gasteiger partial charge in [-0.2, -0.15) is 0 Å². The molecule has 3 heterocycles. The fourth-order valence-corrected chi connectivity index (χ4v) is 3.38. The summed E-state index contributed by atoms with van der Waals surface area (Å²) < 4.78 is 16.2. The first-order chi connectivity index (χ1) is 14.1. The number of hydrogen-bond acceptors (Lipinski definition) is 6. The smallest absolute Gasteiger partial charge is 0.259 e. The third kappa shape index (κ3) is 2.97. The number of aromatic nitrogens is 2. The van der Waals surface area contributed by atoms with Crippen LogP contribution in [0.3, 0.4) is 0 Å². The molecule has 1 N–H and O–H groups in total. The molecule has 2 aromatic carbocycles. The third-order valence-corrected chi connectivity index (χ3v) is 4.92. The molecule has 0 bridgehead atoms. The minimum atomic E-state index is -0.250. The molecule has 0 unspecified atom stereocenters. The van der Waals surface area contributed by atoms with E-state index in [1.54, 1.807) is 13.0 Å². The predicted octanol–water partition coefficient (Wildman–Crippen LogP) is 4.49. The number of pyridine rings is 1. The summed E-state index contributed by atoms with van der Waals surface area (Å²) in [6.45, 7) is 3.93. The molecular formula is C22H17N3O4. The number of carbonyl (C=O) groups is 1. The Morgan fingerprint density at radius 2 is 1.86 bits per heavy atom. The minimum absolute atomic E-state index is 0.191. The second kappa shape index (κ2) is 6.63. The van der Waals surface area contributed by atoms with Crippen molar-refractivity contribution < 1.29 is 18.8 Å². The van der Waals surface area contributed by atoms with E-state index in [9.17, 15) is 4.79 Å². The second-order valence-electron chi connectivity index (χ2n) is 6.84. The Bertz CT molecular complexity index is 1260. The van der Waals surface area contributed by atoms with E-state index in [-0.39, 0.29) is 12.7 Å². The number of nitrogens with zero attached hydrogens (tertiary/aromatic N) is 2. The molecule has 0 radical (unpaired) electrons. The SMILES string of the molecule is Cc1ccccc1NC(=O)c1cc(-c2ccc3c(c2)OCO3)nc2onc(C)c12. The Balaban J connectivity index is 1.61. The average molecular weight is 387 g/mol. The molecule has 0 saturated carbocycles. The molecule has 0 fully saturated rings. The van der Waals surface area contributed by atoms with Crippen molar-refractivity contribution in [3.8, 4) is 22.8 Å². The molecule has 1 aliphatic heterocycles. The van der Waals surface area contributed by atoms with Gasteiger partial charge in [0.2, 0.25) is 6.79 Å². The van der Waals surface area contributed by atoms with E-state index in [0.29, 0.717) is 39.6 Å². The van der Waals surface area contributed by atoms with Gasteiger partial charge >= 0.3 is 0 Å². The Labute approximate surface area is 166 Å². The first-order valence-electron chi connectivity index (χ1n) is 9.14. The molecule has 4 aromatic rings. The van der Waals surface area contributed by atoms with Crippen molar-refractivity contribution in [3.63, 3.8) is 0 Å². The largest absolute Gasteiger partial charge is 0.454 e. The lowest BCUT2D eigenvalue weighted by Gasteiger charge is -2.10. The van der Waals surface area contributed by atoms with E-state index < -0.39 is 0 Å². The molecule has 144 valence electrons. The zero-order valence-corrected chi connectivity index (χ0v) is 15.9. The Morgan fingerprint density at radius 3 is 2.72 bits per heavy atom. The van der Waals surface area contributed by atoms with E-state index in [4.69, 9.17) is 14.0 Å². The monoisotopic (exact) mass is 387 g/mol. The maximum atomic E-state index is 13.1. The van der Waals surface area contributed by atoms with Gasteiger partial charge in [-0.3, -0.25) is 4.79 Å². The zero-order chi connectivity index (χ0) is 20.0. The number of aryl methyl sites for hydroxylation is 2. The van der Waals surface area contributed by atoms with Crippen molar-refractivity contribution in [3.05, 3.63) is 65.4 Å². The topological polar surface area (TPSA) is 86.5 Å². The second-order valence-corrected chi connectivity index (χ2v) is 6.84. The van der Waals surface area contributed by atoms with Gasteiger partial charge in [0, 0.05) is 11.3 Å². The fourth-order valence-electron chi connectivity index (χ4n) is 3.38. The van der Waals surface area contributed by atoms with Gasteiger partial charge in [-0.15, -0.1) is 0 Å². The Morgan fingerprint density at radius 1 is 1.03 bits per heavy atom. The lowest BCUT2D eigenvalue weighted by atomic mass is 10.0. The molecule has 2 aromatic heterocycles. The Hall–Kier alpha value is -3.87. The maximum absolute atomic E-state index is 13.1. The lowest BCUT2D eigenvalue weighted by molar-refractivity contribution is 0.102. The highest BCUT2D eigenvalue weighted by atomic mass is 16.7. The average Bonchev–Trinajstić information content (AvgIpc) is 3.35. The van der Waals surface area contributed by atoms with Gasteiger partial charge in [0.15, 0.2) is 11.5 Å². The molecule has 5 rings (SSSR count). The van der Waals surface area contributed by atoms with Crippen LogP contribution in [0.5, 0.6) is 11.5 Å².